The van der Waals surface area contributed by atoms with Gasteiger partial charge in [0.1, 0.15) is 0 Å². The molecule has 0 bridgehead atoms. The lowest BCUT2D eigenvalue weighted by Gasteiger charge is -1.93. The fourth-order valence-corrected chi connectivity index (χ4v) is 0. The topological polar surface area (TPSA) is 144 Å². The summed E-state index contributed by atoms with van der Waals surface area (Å²) >= 11 is 0. The van der Waals surface area contributed by atoms with E-state index in [0.717, 1.165) is 0 Å². The van der Waals surface area contributed by atoms with Crippen molar-refractivity contribution in [3.8, 4) is 0 Å². The van der Waals surface area contributed by atoms with E-state index in [-0.39, 0.29) is 0 Å². The first kappa shape index (κ1) is 23.1. The number of nitrogens with two attached hydrogens (primary N) is 2. The zero-order valence-electron chi connectivity index (χ0n) is 9.62. The van der Waals surface area contributed by atoms with Crippen molar-refractivity contribution in [2.75, 3.05) is 0 Å². The second-order valence-corrected chi connectivity index (χ2v) is 2.80. The lowest BCUT2D eigenvalue weighted by molar-refractivity contribution is -0.193. The molecule has 0 saturated heterocycles. The van der Waals surface area contributed by atoms with Crippen molar-refractivity contribution in [2.24, 2.45) is 11.5 Å². The van der Waals surface area contributed by atoms with Gasteiger partial charge < -0.3 is 21.7 Å². The Hall–Kier alpha value is -2.05. The summed E-state index contributed by atoms with van der Waals surface area (Å²) < 4.78 is 63.5. The fourth-order valence-electron chi connectivity index (χ4n) is 0. The number of primary amides is 1. The van der Waals surface area contributed by atoms with E-state index in [9.17, 15) is 31.1 Å². The van der Waals surface area contributed by atoms with Gasteiger partial charge in [0.05, 0.1) is 6.04 Å². The minimum absolute atomic E-state index is 0.463. The number of alkyl halides is 6. The number of halogens is 6. The molecule has 0 aromatic rings. The van der Waals surface area contributed by atoms with E-state index < -0.39 is 36.2 Å². The third kappa shape index (κ3) is 18.3. The van der Waals surface area contributed by atoms with Gasteiger partial charge in [-0.05, 0) is 6.92 Å². The first-order valence-corrected chi connectivity index (χ1v) is 4.18. The van der Waals surface area contributed by atoms with Crippen LogP contribution in [0, 0.1) is 0 Å². The molecule has 0 aliphatic heterocycles. The SMILES string of the molecule is C[C@H](N)C(N)=O.O=C(O)C(F)(F)F.O=C(O)C(F)(F)F. The Morgan fingerprint density at radius 3 is 1.00 bits per heavy atom. The molecule has 0 rings (SSSR count). The Labute approximate surface area is 107 Å². The highest BCUT2D eigenvalue weighted by Gasteiger charge is 2.38. The molecule has 13 heteroatoms. The molecule has 0 radical (unpaired) electrons. The van der Waals surface area contributed by atoms with Crippen molar-refractivity contribution in [1.29, 1.82) is 0 Å². The maximum atomic E-state index is 10.6. The van der Waals surface area contributed by atoms with Crippen molar-refractivity contribution in [1.82, 2.24) is 0 Å². The van der Waals surface area contributed by atoms with Gasteiger partial charge in [0, 0.05) is 0 Å². The predicted molar refractivity (Wildman–Crippen MR) is 50.2 cm³/mol. The maximum absolute atomic E-state index is 10.6. The average molecular weight is 316 g/mol. The Bertz CT molecular complexity index is 314. The van der Waals surface area contributed by atoms with E-state index in [2.05, 4.69) is 5.73 Å². The van der Waals surface area contributed by atoms with Gasteiger partial charge in [-0.2, -0.15) is 26.3 Å². The minimum Gasteiger partial charge on any atom is -0.475 e. The second kappa shape index (κ2) is 8.95. The Morgan fingerprint density at radius 1 is 0.900 bits per heavy atom. The van der Waals surface area contributed by atoms with Gasteiger partial charge in [-0.1, -0.05) is 0 Å². The van der Waals surface area contributed by atoms with Crippen LogP contribution in [0.25, 0.3) is 0 Å². The molecule has 6 N–H and O–H groups in total. The highest BCUT2D eigenvalue weighted by Crippen LogP contribution is 2.13. The summed E-state index contributed by atoms with van der Waals surface area (Å²) in [4.78, 5) is 27.6. The molecule has 20 heavy (non-hydrogen) atoms. The van der Waals surface area contributed by atoms with E-state index >= 15 is 0 Å². The highest BCUT2D eigenvalue weighted by atomic mass is 19.4. The van der Waals surface area contributed by atoms with Crippen LogP contribution in [-0.2, 0) is 14.4 Å². The summed E-state index contributed by atoms with van der Waals surface area (Å²) in [6.07, 6.45) is -10.2. The summed E-state index contributed by atoms with van der Waals surface area (Å²) in [6.45, 7) is 1.54. The third-order valence-electron chi connectivity index (χ3n) is 0.934. The molecule has 7 nitrogen and oxygen atoms in total. The van der Waals surface area contributed by atoms with E-state index in [1.54, 1.807) is 6.92 Å². The number of aliphatic carboxylic acids is 2. The number of amides is 1. The van der Waals surface area contributed by atoms with Crippen LogP contribution in [-0.4, -0.2) is 46.5 Å². The molecule has 0 spiro atoms. The van der Waals surface area contributed by atoms with Gasteiger partial charge in [-0.25, -0.2) is 9.59 Å². The number of carbonyl (C=O) groups excluding carboxylic acids is 1. The van der Waals surface area contributed by atoms with Gasteiger partial charge in [0.15, 0.2) is 0 Å². The number of carbonyl (C=O) groups is 3. The van der Waals surface area contributed by atoms with Gasteiger partial charge in [-0.15, -0.1) is 0 Å². The zero-order valence-corrected chi connectivity index (χ0v) is 9.62. The molecule has 0 saturated carbocycles. The van der Waals surface area contributed by atoms with Crippen LogP contribution in [0.2, 0.25) is 0 Å². The third-order valence-corrected chi connectivity index (χ3v) is 0.934. The number of carboxylic acids is 2. The molecular weight excluding hydrogens is 306 g/mol. The maximum Gasteiger partial charge on any atom is 0.490 e. The normalized spacial score (nSPS) is 12.0. The van der Waals surface area contributed by atoms with Crippen molar-refractivity contribution < 1.29 is 50.9 Å². The Balaban J connectivity index is -0.000000218. The molecule has 0 heterocycles. The molecular formula is C7H10F6N2O5. The van der Waals surface area contributed by atoms with Crippen molar-refractivity contribution in [2.45, 2.75) is 25.3 Å². The largest absolute Gasteiger partial charge is 0.490 e. The van der Waals surface area contributed by atoms with E-state index in [4.69, 9.17) is 25.5 Å². The summed E-state index contributed by atoms with van der Waals surface area (Å²) in [6, 6.07) is -0.509. The summed E-state index contributed by atoms with van der Waals surface area (Å²) in [7, 11) is 0. The molecule has 1 atom stereocenters. The highest BCUT2D eigenvalue weighted by molar-refractivity contribution is 5.78. The van der Waals surface area contributed by atoms with Crippen molar-refractivity contribution in [3.05, 3.63) is 0 Å². The number of hydrogen-bond donors (Lipinski definition) is 4. The standard InChI is InChI=1S/C3H8N2O.2C2HF3O2/c1-2(4)3(5)6;2*3-2(4,5)1(6)7/h2H,4H2,1H3,(H2,5,6);2*(H,6,7)/t2-;;/m0../s1. The first-order chi connectivity index (χ1) is 8.53. The zero-order chi connectivity index (χ0) is 17.3. The van der Waals surface area contributed by atoms with E-state index in [1.807, 2.05) is 0 Å². The molecule has 0 aromatic heterocycles. The van der Waals surface area contributed by atoms with Crippen LogP contribution in [0.15, 0.2) is 0 Å². The van der Waals surface area contributed by atoms with Gasteiger partial charge >= 0.3 is 24.3 Å². The quantitative estimate of drug-likeness (QED) is 0.504. The van der Waals surface area contributed by atoms with Crippen LogP contribution in [0.3, 0.4) is 0 Å². The van der Waals surface area contributed by atoms with Crippen LogP contribution >= 0.6 is 0 Å². The molecule has 0 aliphatic rings. The number of hydrogen-bond acceptors (Lipinski definition) is 4. The fraction of sp³-hybridized carbons (Fsp3) is 0.571. The van der Waals surface area contributed by atoms with E-state index in [0.29, 0.717) is 0 Å². The van der Waals surface area contributed by atoms with E-state index in [1.165, 1.54) is 0 Å². The smallest absolute Gasteiger partial charge is 0.475 e. The minimum atomic E-state index is -5.08. The van der Waals surface area contributed by atoms with Crippen LogP contribution in [0.4, 0.5) is 26.3 Å². The number of carboxylic acid groups (broad SMARTS) is 2. The summed E-state index contributed by atoms with van der Waals surface area (Å²) in [5.74, 6) is -5.98. The summed E-state index contributed by atoms with van der Waals surface area (Å²) in [5, 5.41) is 14.2. The predicted octanol–water partition coefficient (Wildman–Crippen LogP) is 0.0855. The first-order valence-electron chi connectivity index (χ1n) is 4.18. The molecule has 0 fully saturated rings. The molecule has 0 unspecified atom stereocenters. The average Bonchev–Trinajstić information content (AvgIpc) is 2.15. The number of rotatable bonds is 1. The van der Waals surface area contributed by atoms with Gasteiger partial charge in [0.25, 0.3) is 0 Å². The molecule has 0 aliphatic carbocycles. The molecule has 1 amide bonds. The van der Waals surface area contributed by atoms with Crippen molar-refractivity contribution >= 4 is 17.8 Å². The molecule has 0 aromatic carbocycles. The Kier molecular flexibility index (Phi) is 10.3. The van der Waals surface area contributed by atoms with Crippen LogP contribution in [0.1, 0.15) is 6.92 Å². The van der Waals surface area contributed by atoms with Crippen molar-refractivity contribution in [3.63, 3.8) is 0 Å². The van der Waals surface area contributed by atoms with Crippen LogP contribution in [0.5, 0.6) is 0 Å². The lowest BCUT2D eigenvalue weighted by Crippen LogP contribution is -2.32. The van der Waals surface area contributed by atoms with Crippen LogP contribution < -0.4 is 11.5 Å². The Morgan fingerprint density at radius 2 is 1.00 bits per heavy atom. The monoisotopic (exact) mass is 316 g/mol. The molecule has 120 valence electrons. The van der Waals surface area contributed by atoms with Gasteiger partial charge in [-0.3, -0.25) is 4.79 Å². The second-order valence-electron chi connectivity index (χ2n) is 2.80. The summed E-state index contributed by atoms with van der Waals surface area (Å²) in [5.41, 5.74) is 9.63. The lowest BCUT2D eigenvalue weighted by atomic mass is 10.4. The van der Waals surface area contributed by atoms with Gasteiger partial charge in [0.2, 0.25) is 5.91 Å².